The standard InChI is InChI=1S/C14H19F2NO2/c1-3-17(4-2)12(9-13(18)19)10-5-7-11(8-6-10)14(15)16/h5-8,12,14H,3-4,9H2,1-2H3,(H,18,19). The third kappa shape index (κ3) is 4.28. The summed E-state index contributed by atoms with van der Waals surface area (Å²) in [5.74, 6) is -0.894. The van der Waals surface area contributed by atoms with Crippen LogP contribution in [0.4, 0.5) is 8.78 Å². The van der Waals surface area contributed by atoms with E-state index in [4.69, 9.17) is 5.11 Å². The maximum Gasteiger partial charge on any atom is 0.305 e. The van der Waals surface area contributed by atoms with Crippen LogP contribution in [0.1, 0.15) is 43.9 Å². The molecular formula is C14H19F2NO2. The summed E-state index contributed by atoms with van der Waals surface area (Å²) in [7, 11) is 0. The molecule has 0 aliphatic heterocycles. The minimum Gasteiger partial charge on any atom is -0.481 e. The number of alkyl halides is 2. The van der Waals surface area contributed by atoms with Crippen molar-refractivity contribution in [1.29, 1.82) is 0 Å². The molecule has 1 aromatic carbocycles. The number of benzene rings is 1. The second-order valence-corrected chi connectivity index (χ2v) is 4.30. The molecule has 0 aliphatic rings. The van der Waals surface area contributed by atoms with Crippen LogP contribution in [0, 0.1) is 0 Å². The van der Waals surface area contributed by atoms with E-state index < -0.39 is 12.4 Å². The summed E-state index contributed by atoms with van der Waals surface area (Å²) in [6.07, 6.45) is -2.53. The molecule has 1 atom stereocenters. The van der Waals surface area contributed by atoms with Crippen LogP contribution < -0.4 is 0 Å². The molecule has 0 aromatic heterocycles. The molecule has 3 nitrogen and oxygen atoms in total. The highest BCUT2D eigenvalue weighted by atomic mass is 19.3. The maximum absolute atomic E-state index is 12.5. The van der Waals surface area contributed by atoms with Gasteiger partial charge >= 0.3 is 5.97 Å². The first-order chi connectivity index (χ1) is 8.99. The van der Waals surface area contributed by atoms with Crippen LogP contribution in [0.2, 0.25) is 0 Å². The highest BCUT2D eigenvalue weighted by Gasteiger charge is 2.21. The van der Waals surface area contributed by atoms with E-state index >= 15 is 0 Å². The summed E-state index contributed by atoms with van der Waals surface area (Å²) in [6.45, 7) is 5.33. The van der Waals surface area contributed by atoms with E-state index in [-0.39, 0.29) is 18.0 Å². The van der Waals surface area contributed by atoms with Crippen molar-refractivity contribution >= 4 is 5.97 Å². The Balaban J connectivity index is 2.99. The highest BCUT2D eigenvalue weighted by Crippen LogP contribution is 2.26. The van der Waals surface area contributed by atoms with Gasteiger partial charge in [0.1, 0.15) is 0 Å². The molecule has 106 valence electrons. The topological polar surface area (TPSA) is 40.5 Å². The molecule has 0 heterocycles. The van der Waals surface area contributed by atoms with Crippen molar-refractivity contribution in [2.24, 2.45) is 0 Å². The van der Waals surface area contributed by atoms with Gasteiger partial charge in [0.05, 0.1) is 6.42 Å². The number of carboxylic acid groups (broad SMARTS) is 1. The van der Waals surface area contributed by atoms with Crippen molar-refractivity contribution in [3.63, 3.8) is 0 Å². The average molecular weight is 271 g/mol. The fourth-order valence-electron chi connectivity index (χ4n) is 2.15. The zero-order valence-electron chi connectivity index (χ0n) is 11.1. The third-order valence-corrected chi connectivity index (χ3v) is 3.19. The van der Waals surface area contributed by atoms with Crippen LogP contribution in [0.5, 0.6) is 0 Å². The van der Waals surface area contributed by atoms with Crippen LogP contribution in [-0.4, -0.2) is 29.1 Å². The quantitative estimate of drug-likeness (QED) is 0.825. The summed E-state index contributed by atoms with van der Waals surface area (Å²) in [6, 6.07) is 5.62. The Morgan fingerprint density at radius 2 is 1.63 bits per heavy atom. The molecule has 0 aliphatic carbocycles. The Morgan fingerprint density at radius 1 is 1.16 bits per heavy atom. The Bertz CT molecular complexity index is 402. The van der Waals surface area contributed by atoms with Crippen molar-refractivity contribution in [3.8, 4) is 0 Å². The average Bonchev–Trinajstić information content (AvgIpc) is 2.38. The van der Waals surface area contributed by atoms with E-state index in [1.165, 1.54) is 12.1 Å². The van der Waals surface area contributed by atoms with Crippen LogP contribution >= 0.6 is 0 Å². The lowest BCUT2D eigenvalue weighted by Crippen LogP contribution is -2.30. The maximum atomic E-state index is 12.5. The van der Waals surface area contributed by atoms with Crippen molar-refractivity contribution in [1.82, 2.24) is 4.90 Å². The van der Waals surface area contributed by atoms with Crippen LogP contribution in [0.3, 0.4) is 0 Å². The normalized spacial score (nSPS) is 12.9. The van der Waals surface area contributed by atoms with Crippen molar-refractivity contribution in [2.75, 3.05) is 13.1 Å². The fourth-order valence-corrected chi connectivity index (χ4v) is 2.15. The summed E-state index contributed by atoms with van der Waals surface area (Å²) in [5, 5.41) is 8.98. The number of aliphatic carboxylic acids is 1. The molecule has 0 spiro atoms. The van der Waals surface area contributed by atoms with E-state index in [0.717, 1.165) is 5.56 Å². The molecule has 0 saturated carbocycles. The molecule has 1 aromatic rings. The molecule has 0 bridgehead atoms. The molecule has 1 unspecified atom stereocenters. The molecule has 0 amide bonds. The van der Waals surface area contributed by atoms with Crippen molar-refractivity contribution in [3.05, 3.63) is 35.4 Å². The zero-order valence-corrected chi connectivity index (χ0v) is 11.1. The number of halogens is 2. The monoisotopic (exact) mass is 271 g/mol. The van der Waals surface area contributed by atoms with Crippen LogP contribution in [-0.2, 0) is 4.79 Å². The van der Waals surface area contributed by atoms with Gasteiger partial charge in [0, 0.05) is 11.6 Å². The molecule has 0 fully saturated rings. The van der Waals surface area contributed by atoms with E-state index in [9.17, 15) is 13.6 Å². The lowest BCUT2D eigenvalue weighted by Gasteiger charge is -2.29. The number of hydrogen-bond donors (Lipinski definition) is 1. The Labute approximate surface area is 111 Å². The van der Waals surface area contributed by atoms with Crippen molar-refractivity contribution in [2.45, 2.75) is 32.7 Å². The second-order valence-electron chi connectivity index (χ2n) is 4.30. The number of carbonyl (C=O) groups is 1. The predicted octanol–water partition coefficient (Wildman–Crippen LogP) is 3.48. The lowest BCUT2D eigenvalue weighted by molar-refractivity contribution is -0.138. The van der Waals surface area contributed by atoms with Gasteiger partial charge in [-0.15, -0.1) is 0 Å². The Hall–Kier alpha value is -1.49. The highest BCUT2D eigenvalue weighted by molar-refractivity contribution is 5.68. The number of carboxylic acids is 1. The first kappa shape index (κ1) is 15.6. The largest absolute Gasteiger partial charge is 0.481 e. The minimum atomic E-state index is -2.50. The van der Waals surface area contributed by atoms with Crippen LogP contribution in [0.25, 0.3) is 0 Å². The Kier molecular flexibility index (Phi) is 5.89. The van der Waals surface area contributed by atoms with Crippen LogP contribution in [0.15, 0.2) is 24.3 Å². The van der Waals surface area contributed by atoms with Gasteiger partial charge in [-0.1, -0.05) is 38.1 Å². The summed E-state index contributed by atoms with van der Waals surface area (Å²) >= 11 is 0. The van der Waals surface area contributed by atoms with E-state index in [1.54, 1.807) is 12.1 Å². The number of nitrogens with zero attached hydrogens (tertiary/aromatic N) is 1. The molecular weight excluding hydrogens is 252 g/mol. The van der Waals surface area contributed by atoms with Gasteiger partial charge in [-0.3, -0.25) is 9.69 Å². The first-order valence-corrected chi connectivity index (χ1v) is 6.33. The van der Waals surface area contributed by atoms with Gasteiger partial charge in [-0.05, 0) is 18.7 Å². The third-order valence-electron chi connectivity index (χ3n) is 3.19. The summed E-state index contributed by atoms with van der Waals surface area (Å²) in [5.41, 5.74) is 0.716. The Morgan fingerprint density at radius 3 is 2.00 bits per heavy atom. The molecule has 19 heavy (non-hydrogen) atoms. The van der Waals surface area contributed by atoms with E-state index in [2.05, 4.69) is 0 Å². The van der Waals surface area contributed by atoms with Gasteiger partial charge < -0.3 is 5.11 Å². The van der Waals surface area contributed by atoms with Gasteiger partial charge in [-0.25, -0.2) is 8.78 Å². The first-order valence-electron chi connectivity index (χ1n) is 6.33. The zero-order chi connectivity index (χ0) is 14.4. The fraction of sp³-hybridized carbons (Fsp3) is 0.500. The van der Waals surface area contributed by atoms with Gasteiger partial charge in [0.2, 0.25) is 0 Å². The van der Waals surface area contributed by atoms with E-state index in [1.807, 2.05) is 18.7 Å². The summed E-state index contributed by atoms with van der Waals surface area (Å²) < 4.78 is 25.0. The molecule has 1 N–H and O–H groups in total. The van der Waals surface area contributed by atoms with Gasteiger partial charge in [0.15, 0.2) is 0 Å². The number of rotatable bonds is 7. The summed E-state index contributed by atoms with van der Waals surface area (Å²) in [4.78, 5) is 13.0. The van der Waals surface area contributed by atoms with Gasteiger partial charge in [0.25, 0.3) is 6.43 Å². The van der Waals surface area contributed by atoms with Crippen molar-refractivity contribution < 1.29 is 18.7 Å². The minimum absolute atomic E-state index is 0.0320. The SMILES string of the molecule is CCN(CC)C(CC(=O)O)c1ccc(C(F)F)cc1. The molecule has 5 heteroatoms. The smallest absolute Gasteiger partial charge is 0.305 e. The van der Waals surface area contributed by atoms with Gasteiger partial charge in [-0.2, -0.15) is 0 Å². The predicted molar refractivity (Wildman–Crippen MR) is 69.3 cm³/mol. The second kappa shape index (κ2) is 7.19. The van der Waals surface area contributed by atoms with E-state index in [0.29, 0.717) is 13.1 Å². The molecule has 1 rings (SSSR count). The molecule has 0 saturated heterocycles. The molecule has 0 radical (unpaired) electrons. The number of hydrogen-bond acceptors (Lipinski definition) is 2. The lowest BCUT2D eigenvalue weighted by atomic mass is 10.0.